The number of halogens is 1. The van der Waals surface area contributed by atoms with Crippen molar-refractivity contribution in [2.24, 2.45) is 22.7 Å². The van der Waals surface area contributed by atoms with Crippen LogP contribution < -0.4 is 5.32 Å². The summed E-state index contributed by atoms with van der Waals surface area (Å²) in [6.45, 7) is 4.83. The first kappa shape index (κ1) is 26.2. The lowest BCUT2D eigenvalue weighted by atomic mass is 9.48. The zero-order valence-electron chi connectivity index (χ0n) is 22.7. The largest absolute Gasteiger partial charge is 0.505 e. The zero-order valence-corrected chi connectivity index (χ0v) is 23.5. The van der Waals surface area contributed by atoms with Crippen molar-refractivity contribution in [2.45, 2.75) is 43.9 Å². The van der Waals surface area contributed by atoms with E-state index < -0.39 is 5.82 Å². The number of hydrogen-bond donors (Lipinski definition) is 2. The van der Waals surface area contributed by atoms with E-state index in [0.717, 1.165) is 74.4 Å². The van der Waals surface area contributed by atoms with Crippen LogP contribution in [0, 0.1) is 23.6 Å². The summed E-state index contributed by atoms with van der Waals surface area (Å²) in [7, 11) is 0. The Morgan fingerprint density at radius 3 is 2.52 bits per heavy atom. The number of phenols is 1. The van der Waals surface area contributed by atoms with Crippen molar-refractivity contribution in [2.75, 3.05) is 39.4 Å². The van der Waals surface area contributed by atoms with Crippen molar-refractivity contribution in [3.63, 3.8) is 0 Å². The van der Waals surface area contributed by atoms with Crippen LogP contribution in [0.1, 0.15) is 49.7 Å². The molecule has 4 bridgehead atoms. The number of morpholine rings is 1. The minimum absolute atomic E-state index is 0.106. The predicted octanol–water partition coefficient (Wildman–Crippen LogP) is 5.56. The molecule has 2 aliphatic heterocycles. The summed E-state index contributed by atoms with van der Waals surface area (Å²) in [6.07, 6.45) is 8.93. The first-order chi connectivity index (χ1) is 19.4. The van der Waals surface area contributed by atoms with Gasteiger partial charge in [0, 0.05) is 25.2 Å². The van der Waals surface area contributed by atoms with E-state index >= 15 is 4.39 Å². The van der Waals surface area contributed by atoms with E-state index in [2.05, 4.69) is 15.2 Å². The molecule has 2 N–H and O–H groups in total. The maximum atomic E-state index is 15.2. The normalized spacial score (nSPS) is 31.8. The highest BCUT2D eigenvalue weighted by Crippen LogP contribution is 2.62. The fraction of sp³-hybridized carbons (Fsp3) is 0.500. The Morgan fingerprint density at radius 1 is 1.07 bits per heavy atom. The Hall–Kier alpha value is -2.68. The monoisotopic (exact) mass is 561 g/mol. The summed E-state index contributed by atoms with van der Waals surface area (Å²) in [4.78, 5) is 20.2. The first-order valence-electron chi connectivity index (χ1n) is 14.6. The summed E-state index contributed by atoms with van der Waals surface area (Å²) in [5.74, 6) is 1.25. The van der Waals surface area contributed by atoms with Gasteiger partial charge in [-0.25, -0.2) is 4.39 Å². The summed E-state index contributed by atoms with van der Waals surface area (Å²) < 4.78 is 20.6. The van der Waals surface area contributed by atoms with Crippen LogP contribution in [0.3, 0.4) is 0 Å². The summed E-state index contributed by atoms with van der Waals surface area (Å²) in [5.41, 5.74) is 3.21. The number of nitrogens with one attached hydrogen (secondary N) is 1. The van der Waals surface area contributed by atoms with Crippen molar-refractivity contribution in [3.8, 4) is 16.9 Å². The highest BCUT2D eigenvalue weighted by atomic mass is 32.2. The van der Waals surface area contributed by atoms with Gasteiger partial charge in [-0.05, 0) is 114 Å². The van der Waals surface area contributed by atoms with Gasteiger partial charge in [-0.15, -0.1) is 0 Å². The average Bonchev–Trinajstić information content (AvgIpc) is 3.28. The molecule has 0 spiro atoms. The van der Waals surface area contributed by atoms with Crippen molar-refractivity contribution < 1.29 is 19.0 Å². The highest BCUT2D eigenvalue weighted by Gasteiger charge is 2.52. The first-order valence-corrected chi connectivity index (χ1v) is 15.4. The van der Waals surface area contributed by atoms with Gasteiger partial charge in [0.25, 0.3) is 5.91 Å². The molecule has 2 aromatic rings. The van der Waals surface area contributed by atoms with Crippen LogP contribution in [0.5, 0.6) is 5.75 Å². The van der Waals surface area contributed by atoms with Crippen molar-refractivity contribution in [1.29, 1.82) is 0 Å². The van der Waals surface area contributed by atoms with Gasteiger partial charge in [0.15, 0.2) is 16.7 Å². The number of benzene rings is 2. The second kappa shape index (κ2) is 10.6. The van der Waals surface area contributed by atoms with E-state index in [1.807, 2.05) is 36.4 Å². The molecule has 0 radical (unpaired) electrons. The molecule has 6 nitrogen and oxygen atoms in total. The van der Waals surface area contributed by atoms with Gasteiger partial charge in [-0.2, -0.15) is 0 Å². The number of aromatic hydroxyl groups is 1. The van der Waals surface area contributed by atoms with Crippen LogP contribution in [0.25, 0.3) is 17.2 Å². The number of rotatable bonds is 6. The molecule has 2 aromatic carbocycles. The molecule has 0 unspecified atom stereocenters. The van der Waals surface area contributed by atoms with E-state index in [1.165, 1.54) is 37.1 Å². The standard InChI is InChI=1S/C32H36FN3O3S/c33-27-16-25(15-26(29(27)37)32-17-21-10-22(18-32)12-23(11-21)19-32)24-3-1-2-20(13-24)14-28-30(38)35-31(40-28)34-4-5-36-6-8-39-9-7-36/h1-3,13-16,21-23,37H,4-12,17-19H2,(H,34,35,38). The number of hydrogen-bond acceptors (Lipinski definition) is 6. The van der Waals surface area contributed by atoms with Crippen molar-refractivity contribution in [1.82, 2.24) is 10.2 Å². The minimum atomic E-state index is -0.546. The maximum Gasteiger partial charge on any atom is 0.264 e. The van der Waals surface area contributed by atoms with Gasteiger partial charge in [-0.3, -0.25) is 14.7 Å². The molecule has 4 saturated carbocycles. The Bertz CT molecular complexity index is 1350. The van der Waals surface area contributed by atoms with Crippen LogP contribution in [0.2, 0.25) is 0 Å². The van der Waals surface area contributed by atoms with Gasteiger partial charge in [-0.1, -0.05) is 18.2 Å². The number of amidine groups is 1. The van der Waals surface area contributed by atoms with Gasteiger partial charge in [0.2, 0.25) is 0 Å². The summed E-state index contributed by atoms with van der Waals surface area (Å²) in [5, 5.41) is 14.4. The number of thioether (sulfide) groups is 1. The second-order valence-electron chi connectivity index (χ2n) is 12.4. The molecule has 40 heavy (non-hydrogen) atoms. The molecule has 6 aliphatic rings. The third kappa shape index (κ3) is 5.10. The Labute approximate surface area is 239 Å². The third-order valence-electron chi connectivity index (χ3n) is 9.62. The lowest BCUT2D eigenvalue weighted by Crippen LogP contribution is -2.48. The summed E-state index contributed by atoms with van der Waals surface area (Å²) >= 11 is 1.36. The van der Waals surface area contributed by atoms with E-state index in [1.54, 1.807) is 0 Å². The maximum absolute atomic E-state index is 15.2. The van der Waals surface area contributed by atoms with Crippen LogP contribution in [0.4, 0.5) is 4.39 Å². The van der Waals surface area contributed by atoms with Gasteiger partial charge < -0.3 is 15.2 Å². The molecule has 4 aliphatic carbocycles. The molecule has 8 heteroatoms. The average molecular weight is 562 g/mol. The van der Waals surface area contributed by atoms with Crippen molar-refractivity contribution in [3.05, 3.63) is 58.2 Å². The van der Waals surface area contributed by atoms with Crippen LogP contribution in [-0.4, -0.2) is 60.5 Å². The second-order valence-corrected chi connectivity index (χ2v) is 13.4. The zero-order chi connectivity index (χ0) is 27.3. The van der Waals surface area contributed by atoms with Crippen molar-refractivity contribution >= 4 is 28.9 Å². The van der Waals surface area contributed by atoms with Crippen LogP contribution in [-0.2, 0) is 14.9 Å². The highest BCUT2D eigenvalue weighted by molar-refractivity contribution is 8.18. The molecule has 210 valence electrons. The van der Waals surface area contributed by atoms with Crippen LogP contribution >= 0.6 is 11.8 Å². The third-order valence-corrected chi connectivity index (χ3v) is 10.6. The van der Waals surface area contributed by atoms with E-state index in [4.69, 9.17) is 4.74 Å². The van der Waals surface area contributed by atoms with Gasteiger partial charge in [0.1, 0.15) is 0 Å². The molecule has 1 amide bonds. The van der Waals surface area contributed by atoms with Gasteiger partial charge >= 0.3 is 0 Å². The topological polar surface area (TPSA) is 74.2 Å². The molecular weight excluding hydrogens is 525 g/mol. The number of amides is 1. The number of phenolic OH excluding ortho intramolecular Hbond substituents is 1. The fourth-order valence-electron chi connectivity index (χ4n) is 8.19. The lowest BCUT2D eigenvalue weighted by molar-refractivity contribution is -0.115. The number of nitrogens with zero attached hydrogens (tertiary/aromatic N) is 2. The number of carbonyl (C=O) groups is 1. The molecular formula is C32H36FN3O3S. The molecule has 2 saturated heterocycles. The smallest absolute Gasteiger partial charge is 0.264 e. The Kier molecular flexibility index (Phi) is 6.96. The molecule has 6 fully saturated rings. The quantitative estimate of drug-likeness (QED) is 0.452. The number of carbonyl (C=O) groups excluding carboxylic acids is 1. The molecule has 0 atom stereocenters. The van der Waals surface area contributed by atoms with Gasteiger partial charge in [0.05, 0.1) is 24.7 Å². The number of ether oxygens (including phenoxy) is 1. The minimum Gasteiger partial charge on any atom is -0.505 e. The molecule has 8 rings (SSSR count). The van der Waals surface area contributed by atoms with E-state index in [-0.39, 0.29) is 17.1 Å². The predicted molar refractivity (Wildman–Crippen MR) is 157 cm³/mol. The lowest BCUT2D eigenvalue weighted by Gasteiger charge is -2.57. The SMILES string of the molecule is O=C1NC(=NCCN2CCOCC2)SC1=Cc1cccc(-c2cc(F)c(O)c(C34CC5CC(CC(C5)C3)C4)c2)c1. The van der Waals surface area contributed by atoms with E-state index in [9.17, 15) is 9.90 Å². The molecule has 2 heterocycles. The fourth-order valence-corrected chi connectivity index (χ4v) is 9.04. The van der Waals surface area contributed by atoms with E-state index in [0.29, 0.717) is 34.4 Å². The Morgan fingerprint density at radius 2 is 1.80 bits per heavy atom. The van der Waals surface area contributed by atoms with Crippen LogP contribution in [0.15, 0.2) is 46.3 Å². The Balaban J connectivity index is 1.11. The summed E-state index contributed by atoms with van der Waals surface area (Å²) in [6, 6.07) is 11.3. The molecule has 0 aromatic heterocycles. The number of aliphatic imine (C=N–C) groups is 1.